The fourth-order valence-corrected chi connectivity index (χ4v) is 2.59. The van der Waals surface area contributed by atoms with E-state index in [-0.39, 0.29) is 0 Å². The minimum atomic E-state index is 0.471. The smallest absolute Gasteiger partial charge is 0.191 e. The van der Waals surface area contributed by atoms with Crippen LogP contribution in [0.1, 0.15) is 51.2 Å². The highest BCUT2D eigenvalue weighted by Gasteiger charge is 2.05. The molecule has 0 saturated carbocycles. The van der Waals surface area contributed by atoms with Gasteiger partial charge in [0.15, 0.2) is 5.96 Å². The molecule has 0 radical (unpaired) electrons. The SMILES string of the molecule is CCNC(=NCc1nc(C(C)C)cs1)NCCOCC(C)C. The normalized spacial score (nSPS) is 12.2. The van der Waals surface area contributed by atoms with E-state index in [1.165, 1.54) is 0 Å². The molecule has 22 heavy (non-hydrogen) atoms. The van der Waals surface area contributed by atoms with Crippen LogP contribution in [0.2, 0.25) is 0 Å². The van der Waals surface area contributed by atoms with E-state index in [1.807, 2.05) is 0 Å². The molecule has 1 rings (SSSR count). The van der Waals surface area contributed by atoms with Crippen LogP contribution < -0.4 is 10.6 Å². The Bertz CT molecular complexity index is 443. The van der Waals surface area contributed by atoms with Crippen molar-refractivity contribution in [2.75, 3.05) is 26.3 Å². The molecule has 0 aliphatic carbocycles. The molecule has 1 aromatic heterocycles. The van der Waals surface area contributed by atoms with E-state index in [9.17, 15) is 0 Å². The second-order valence-corrected chi connectivity index (χ2v) is 6.85. The van der Waals surface area contributed by atoms with Crippen LogP contribution >= 0.6 is 11.3 Å². The molecule has 0 saturated heterocycles. The van der Waals surface area contributed by atoms with Crippen LogP contribution in [0.3, 0.4) is 0 Å². The maximum Gasteiger partial charge on any atom is 0.191 e. The van der Waals surface area contributed by atoms with Gasteiger partial charge in [0.05, 0.1) is 18.8 Å². The molecule has 1 aromatic rings. The topological polar surface area (TPSA) is 58.5 Å². The molecule has 2 N–H and O–H groups in total. The van der Waals surface area contributed by atoms with Gasteiger partial charge in [0, 0.05) is 25.1 Å². The zero-order chi connectivity index (χ0) is 16.4. The monoisotopic (exact) mass is 326 g/mol. The maximum absolute atomic E-state index is 5.56. The number of rotatable bonds is 9. The van der Waals surface area contributed by atoms with Gasteiger partial charge in [0.1, 0.15) is 5.01 Å². The lowest BCUT2D eigenvalue weighted by atomic mass is 10.2. The highest BCUT2D eigenvalue weighted by atomic mass is 32.1. The Hall–Kier alpha value is -1.14. The van der Waals surface area contributed by atoms with Gasteiger partial charge >= 0.3 is 0 Å². The van der Waals surface area contributed by atoms with E-state index in [4.69, 9.17) is 4.74 Å². The van der Waals surface area contributed by atoms with Crippen molar-refractivity contribution in [1.29, 1.82) is 0 Å². The molecule has 0 aromatic carbocycles. The predicted octanol–water partition coefficient (Wildman–Crippen LogP) is 2.99. The summed E-state index contributed by atoms with van der Waals surface area (Å²) in [6.07, 6.45) is 0. The summed E-state index contributed by atoms with van der Waals surface area (Å²) in [6.45, 7) is 14.4. The number of hydrogen-bond donors (Lipinski definition) is 2. The number of thiazole rings is 1. The number of hydrogen-bond acceptors (Lipinski definition) is 4. The van der Waals surface area contributed by atoms with Crippen LogP contribution in [0, 0.1) is 5.92 Å². The highest BCUT2D eigenvalue weighted by Crippen LogP contribution is 2.18. The summed E-state index contributed by atoms with van der Waals surface area (Å²) in [7, 11) is 0. The summed E-state index contributed by atoms with van der Waals surface area (Å²) in [5.41, 5.74) is 1.15. The maximum atomic E-state index is 5.56. The van der Waals surface area contributed by atoms with Crippen molar-refractivity contribution in [1.82, 2.24) is 15.6 Å². The molecule has 0 spiro atoms. The molecular formula is C16H30N4OS. The number of nitrogens with one attached hydrogen (secondary N) is 2. The van der Waals surface area contributed by atoms with Crippen molar-refractivity contribution in [3.63, 3.8) is 0 Å². The van der Waals surface area contributed by atoms with Crippen molar-refractivity contribution in [2.24, 2.45) is 10.9 Å². The van der Waals surface area contributed by atoms with Crippen molar-refractivity contribution in [3.8, 4) is 0 Å². The molecule has 0 aliphatic rings. The van der Waals surface area contributed by atoms with Gasteiger partial charge in [-0.1, -0.05) is 27.7 Å². The average molecular weight is 327 g/mol. The fraction of sp³-hybridized carbons (Fsp3) is 0.750. The lowest BCUT2D eigenvalue weighted by Crippen LogP contribution is -2.39. The van der Waals surface area contributed by atoms with Gasteiger partial charge in [-0.15, -0.1) is 11.3 Å². The van der Waals surface area contributed by atoms with E-state index < -0.39 is 0 Å². The molecule has 0 fully saturated rings. The minimum absolute atomic E-state index is 0.471. The van der Waals surface area contributed by atoms with E-state index in [1.54, 1.807) is 11.3 Å². The van der Waals surface area contributed by atoms with Gasteiger partial charge in [-0.3, -0.25) is 0 Å². The summed E-state index contributed by atoms with van der Waals surface area (Å²) >= 11 is 1.67. The van der Waals surface area contributed by atoms with Gasteiger partial charge in [-0.2, -0.15) is 0 Å². The third-order valence-electron chi connectivity index (χ3n) is 2.87. The highest BCUT2D eigenvalue weighted by molar-refractivity contribution is 7.09. The van der Waals surface area contributed by atoms with Crippen LogP contribution in [0.25, 0.3) is 0 Å². The number of nitrogens with zero attached hydrogens (tertiary/aromatic N) is 2. The molecule has 0 atom stereocenters. The van der Waals surface area contributed by atoms with Gasteiger partial charge < -0.3 is 15.4 Å². The first-order valence-corrected chi connectivity index (χ1v) is 8.95. The quantitative estimate of drug-likeness (QED) is 0.416. The average Bonchev–Trinajstić information content (AvgIpc) is 2.93. The zero-order valence-electron chi connectivity index (χ0n) is 14.5. The third-order valence-corrected chi connectivity index (χ3v) is 3.72. The first-order chi connectivity index (χ1) is 10.5. The molecule has 0 aliphatic heterocycles. The fourth-order valence-electron chi connectivity index (χ4n) is 1.71. The summed E-state index contributed by atoms with van der Waals surface area (Å²) in [5, 5.41) is 9.70. The van der Waals surface area contributed by atoms with Crippen molar-refractivity contribution in [3.05, 3.63) is 16.1 Å². The predicted molar refractivity (Wildman–Crippen MR) is 94.7 cm³/mol. The largest absolute Gasteiger partial charge is 0.379 e. The Kier molecular flexibility index (Phi) is 9.08. The van der Waals surface area contributed by atoms with Crippen molar-refractivity contribution < 1.29 is 4.74 Å². The van der Waals surface area contributed by atoms with E-state index in [2.05, 4.69) is 60.6 Å². The van der Waals surface area contributed by atoms with Gasteiger partial charge in [0.2, 0.25) is 0 Å². The lowest BCUT2D eigenvalue weighted by Gasteiger charge is -2.12. The molecular weight excluding hydrogens is 296 g/mol. The number of guanidine groups is 1. The van der Waals surface area contributed by atoms with Crippen LogP contribution in [-0.4, -0.2) is 37.2 Å². The van der Waals surface area contributed by atoms with E-state index in [0.717, 1.165) is 36.4 Å². The second kappa shape index (κ2) is 10.6. The van der Waals surface area contributed by atoms with Crippen LogP contribution in [0.4, 0.5) is 0 Å². The summed E-state index contributed by atoms with van der Waals surface area (Å²) in [5.74, 6) is 1.86. The summed E-state index contributed by atoms with van der Waals surface area (Å²) in [4.78, 5) is 9.18. The second-order valence-electron chi connectivity index (χ2n) is 5.91. The van der Waals surface area contributed by atoms with E-state index >= 15 is 0 Å². The molecule has 1 heterocycles. The molecule has 6 heteroatoms. The Morgan fingerprint density at radius 2 is 2.09 bits per heavy atom. The zero-order valence-corrected chi connectivity index (χ0v) is 15.3. The Balaban J connectivity index is 2.40. The molecule has 126 valence electrons. The van der Waals surface area contributed by atoms with Crippen molar-refractivity contribution >= 4 is 17.3 Å². The van der Waals surface area contributed by atoms with Crippen LogP contribution in [0.5, 0.6) is 0 Å². The van der Waals surface area contributed by atoms with Gasteiger partial charge in [0.25, 0.3) is 0 Å². The van der Waals surface area contributed by atoms with E-state index in [0.29, 0.717) is 25.0 Å². The first kappa shape index (κ1) is 18.9. The summed E-state index contributed by atoms with van der Waals surface area (Å²) < 4.78 is 5.56. The third kappa shape index (κ3) is 7.75. The minimum Gasteiger partial charge on any atom is -0.379 e. The number of aromatic nitrogens is 1. The molecule has 5 nitrogen and oxygen atoms in total. The molecule has 0 unspecified atom stereocenters. The Morgan fingerprint density at radius 3 is 2.68 bits per heavy atom. The first-order valence-electron chi connectivity index (χ1n) is 8.07. The Labute approximate surface area is 138 Å². The lowest BCUT2D eigenvalue weighted by molar-refractivity contribution is 0.114. The standard InChI is InChI=1S/C16H30N4OS/c1-6-17-16(18-7-8-21-10-12(2)3)19-9-15-20-14(11-22-15)13(4)5/h11-13H,6-10H2,1-5H3,(H2,17,18,19). The number of aliphatic imine (C=N–C) groups is 1. The molecule has 0 bridgehead atoms. The van der Waals surface area contributed by atoms with Gasteiger partial charge in [-0.25, -0.2) is 9.98 Å². The Morgan fingerprint density at radius 1 is 1.32 bits per heavy atom. The molecule has 0 amide bonds. The van der Waals surface area contributed by atoms with Gasteiger partial charge in [-0.05, 0) is 18.8 Å². The summed E-state index contributed by atoms with van der Waals surface area (Å²) in [6, 6.07) is 0. The van der Waals surface area contributed by atoms with Crippen molar-refractivity contribution in [2.45, 2.75) is 47.1 Å². The van der Waals surface area contributed by atoms with Crippen LogP contribution in [-0.2, 0) is 11.3 Å². The number of ether oxygens (including phenoxy) is 1. The van der Waals surface area contributed by atoms with Crippen LogP contribution in [0.15, 0.2) is 10.4 Å².